The second-order valence-corrected chi connectivity index (χ2v) is 6.08. The highest BCUT2D eigenvalue weighted by Crippen LogP contribution is 2.23. The lowest BCUT2D eigenvalue weighted by Crippen LogP contribution is -2.28. The summed E-state index contributed by atoms with van der Waals surface area (Å²) in [6.07, 6.45) is 3.99. The summed E-state index contributed by atoms with van der Waals surface area (Å²) in [5.41, 5.74) is 1.95. The van der Waals surface area contributed by atoms with Crippen molar-refractivity contribution in [2.24, 2.45) is 10.2 Å². The summed E-state index contributed by atoms with van der Waals surface area (Å²) < 4.78 is 5.39. The number of benzene rings is 1. The molecule has 0 spiro atoms. The molecule has 130 valence electrons. The summed E-state index contributed by atoms with van der Waals surface area (Å²) in [6, 6.07) is 8.02. The third kappa shape index (κ3) is 6.35. The summed E-state index contributed by atoms with van der Waals surface area (Å²) in [5, 5.41) is 19.6. The monoisotopic (exact) mass is 348 g/mol. The summed E-state index contributed by atoms with van der Waals surface area (Å²) >= 11 is 1.46. The van der Waals surface area contributed by atoms with Crippen LogP contribution in [0.1, 0.15) is 19.8 Å². The van der Waals surface area contributed by atoms with Gasteiger partial charge in [0.1, 0.15) is 0 Å². The Morgan fingerprint density at radius 3 is 2.67 bits per heavy atom. The molecule has 1 heterocycles. The van der Waals surface area contributed by atoms with Gasteiger partial charge in [-0.1, -0.05) is 13.3 Å². The minimum Gasteiger partial charge on any atom is -0.394 e. The van der Waals surface area contributed by atoms with Crippen molar-refractivity contribution in [2.45, 2.75) is 19.8 Å². The van der Waals surface area contributed by atoms with Crippen molar-refractivity contribution < 1.29 is 9.84 Å². The first-order valence-electron chi connectivity index (χ1n) is 8.18. The molecule has 0 saturated heterocycles. The Morgan fingerprint density at radius 2 is 2.00 bits per heavy atom. The number of unbranched alkanes of at least 4 members (excludes halogenated alkanes) is 1. The number of thiazole rings is 1. The molecule has 0 aliphatic rings. The van der Waals surface area contributed by atoms with Crippen molar-refractivity contribution in [3.63, 3.8) is 0 Å². The zero-order valence-electron chi connectivity index (χ0n) is 14.0. The predicted molar refractivity (Wildman–Crippen MR) is 97.8 cm³/mol. The molecule has 0 radical (unpaired) electrons. The molecule has 2 aromatic rings. The second kappa shape index (κ2) is 10.9. The van der Waals surface area contributed by atoms with E-state index in [1.165, 1.54) is 11.3 Å². The van der Waals surface area contributed by atoms with Crippen LogP contribution in [0.3, 0.4) is 0 Å². The van der Waals surface area contributed by atoms with Gasteiger partial charge < -0.3 is 14.7 Å². The van der Waals surface area contributed by atoms with Gasteiger partial charge in [-0.2, -0.15) is 0 Å². The number of hydrogen-bond donors (Lipinski definition) is 1. The van der Waals surface area contributed by atoms with Crippen LogP contribution in [0.25, 0.3) is 0 Å². The zero-order chi connectivity index (χ0) is 17.0. The van der Waals surface area contributed by atoms with Gasteiger partial charge >= 0.3 is 0 Å². The fourth-order valence-corrected chi connectivity index (χ4v) is 2.61. The van der Waals surface area contributed by atoms with E-state index >= 15 is 0 Å². The first-order valence-corrected chi connectivity index (χ1v) is 9.06. The highest BCUT2D eigenvalue weighted by Gasteiger charge is 2.06. The maximum Gasteiger partial charge on any atom is 0.229 e. The van der Waals surface area contributed by atoms with E-state index in [1.54, 1.807) is 6.20 Å². The van der Waals surface area contributed by atoms with Gasteiger partial charge in [-0.05, 0) is 30.7 Å². The molecule has 24 heavy (non-hydrogen) atoms. The number of rotatable bonds is 11. The van der Waals surface area contributed by atoms with Crippen LogP contribution < -0.4 is 4.90 Å². The number of aliphatic hydroxyl groups excluding tert-OH is 1. The van der Waals surface area contributed by atoms with Crippen LogP contribution in [0.2, 0.25) is 0 Å². The van der Waals surface area contributed by atoms with E-state index < -0.39 is 0 Å². The van der Waals surface area contributed by atoms with Crippen molar-refractivity contribution >= 4 is 27.8 Å². The molecule has 0 atom stereocenters. The van der Waals surface area contributed by atoms with Crippen molar-refractivity contribution in [3.05, 3.63) is 35.8 Å². The van der Waals surface area contributed by atoms with Crippen LogP contribution in [0.5, 0.6) is 0 Å². The molecule has 1 aromatic heterocycles. The van der Waals surface area contributed by atoms with Gasteiger partial charge in [-0.25, -0.2) is 4.98 Å². The predicted octanol–water partition coefficient (Wildman–Crippen LogP) is 4.17. The lowest BCUT2D eigenvalue weighted by molar-refractivity contribution is 0.0966. The van der Waals surface area contributed by atoms with E-state index in [9.17, 15) is 0 Å². The number of azo groups is 1. The standard InChI is InChI=1S/C17H24N4O2S/c1-2-3-9-21(10-12-23-13-11-22)16-6-4-15(5-7-16)19-20-17-18-8-14-24-17/h4-8,14,22H,2-3,9-13H2,1H3/b20-19+. The van der Waals surface area contributed by atoms with Crippen LogP contribution in [0, 0.1) is 0 Å². The maximum absolute atomic E-state index is 8.78. The molecular weight excluding hydrogens is 324 g/mol. The Hall–Kier alpha value is -1.83. The fraction of sp³-hybridized carbons (Fsp3) is 0.471. The number of anilines is 1. The van der Waals surface area contributed by atoms with Crippen molar-refractivity contribution in [2.75, 3.05) is 37.8 Å². The molecule has 0 fully saturated rings. The van der Waals surface area contributed by atoms with E-state index in [0.717, 1.165) is 37.3 Å². The SMILES string of the molecule is CCCCN(CCOCCO)c1ccc(/N=N/c2nccs2)cc1. The van der Waals surface area contributed by atoms with E-state index in [-0.39, 0.29) is 6.61 Å². The maximum atomic E-state index is 8.78. The summed E-state index contributed by atoms with van der Waals surface area (Å²) in [5.74, 6) is 0. The van der Waals surface area contributed by atoms with Crippen LogP contribution in [0.15, 0.2) is 46.1 Å². The van der Waals surface area contributed by atoms with E-state index in [4.69, 9.17) is 9.84 Å². The minimum atomic E-state index is 0.0633. The molecule has 1 N–H and O–H groups in total. The third-order valence-electron chi connectivity index (χ3n) is 3.41. The minimum absolute atomic E-state index is 0.0633. The van der Waals surface area contributed by atoms with Gasteiger partial charge in [-0.3, -0.25) is 0 Å². The van der Waals surface area contributed by atoms with E-state index in [2.05, 4.69) is 39.2 Å². The summed E-state index contributed by atoms with van der Waals surface area (Å²) in [7, 11) is 0. The average molecular weight is 348 g/mol. The van der Waals surface area contributed by atoms with E-state index in [1.807, 2.05) is 17.5 Å². The normalized spacial score (nSPS) is 11.2. The first-order chi connectivity index (χ1) is 11.8. The third-order valence-corrected chi connectivity index (χ3v) is 4.06. The zero-order valence-corrected chi connectivity index (χ0v) is 14.8. The van der Waals surface area contributed by atoms with Crippen molar-refractivity contribution in [1.82, 2.24) is 4.98 Å². The van der Waals surface area contributed by atoms with Gasteiger partial charge in [0.15, 0.2) is 0 Å². The largest absolute Gasteiger partial charge is 0.394 e. The molecule has 0 aliphatic heterocycles. The molecule has 0 amide bonds. The lowest BCUT2D eigenvalue weighted by Gasteiger charge is -2.24. The molecule has 0 aliphatic carbocycles. The van der Waals surface area contributed by atoms with Gasteiger partial charge in [0, 0.05) is 30.4 Å². The fourth-order valence-electron chi connectivity index (χ4n) is 2.16. The van der Waals surface area contributed by atoms with Gasteiger partial charge in [0.05, 0.1) is 25.5 Å². The summed E-state index contributed by atoms with van der Waals surface area (Å²) in [6.45, 7) is 5.03. The molecule has 1 aromatic carbocycles. The number of ether oxygens (including phenoxy) is 1. The van der Waals surface area contributed by atoms with Crippen molar-refractivity contribution in [1.29, 1.82) is 0 Å². The van der Waals surface area contributed by atoms with Crippen LogP contribution in [-0.4, -0.2) is 43.0 Å². The van der Waals surface area contributed by atoms with Crippen molar-refractivity contribution in [3.8, 4) is 0 Å². The second-order valence-electron chi connectivity index (χ2n) is 5.21. The number of nitrogens with zero attached hydrogens (tertiary/aromatic N) is 4. The lowest BCUT2D eigenvalue weighted by atomic mass is 10.2. The van der Waals surface area contributed by atoms with Gasteiger partial charge in [0.2, 0.25) is 5.13 Å². The van der Waals surface area contributed by atoms with E-state index in [0.29, 0.717) is 18.3 Å². The Balaban J connectivity index is 1.95. The smallest absolute Gasteiger partial charge is 0.229 e. The molecular formula is C17H24N4O2S. The molecule has 7 heteroatoms. The van der Waals surface area contributed by atoms with Crippen LogP contribution in [-0.2, 0) is 4.74 Å². The quantitative estimate of drug-likeness (QED) is 0.489. The first kappa shape index (κ1) is 18.5. The Morgan fingerprint density at radius 1 is 1.17 bits per heavy atom. The number of hydrogen-bond acceptors (Lipinski definition) is 7. The molecule has 0 unspecified atom stereocenters. The molecule has 0 bridgehead atoms. The molecule has 6 nitrogen and oxygen atoms in total. The Kier molecular flexibility index (Phi) is 8.37. The van der Waals surface area contributed by atoms with Gasteiger partial charge in [0.25, 0.3) is 0 Å². The van der Waals surface area contributed by atoms with Crippen LogP contribution >= 0.6 is 11.3 Å². The summed E-state index contributed by atoms with van der Waals surface area (Å²) in [4.78, 5) is 6.37. The number of aromatic nitrogens is 1. The Labute approximate surface area is 146 Å². The highest BCUT2D eigenvalue weighted by atomic mass is 32.1. The topological polar surface area (TPSA) is 70.3 Å². The molecule has 2 rings (SSSR count). The molecule has 0 saturated carbocycles. The van der Waals surface area contributed by atoms with Gasteiger partial charge in [-0.15, -0.1) is 21.6 Å². The highest BCUT2D eigenvalue weighted by molar-refractivity contribution is 7.13. The number of aliphatic hydroxyl groups is 1. The van der Waals surface area contributed by atoms with Crippen LogP contribution in [0.4, 0.5) is 16.5 Å². The average Bonchev–Trinajstić information content (AvgIpc) is 3.13. The Bertz CT molecular complexity index is 587.